The molecule has 0 bridgehead atoms. The number of carbonyl (C=O) groups excluding carboxylic acids is 2. The molecule has 1 aromatic carbocycles. The van der Waals surface area contributed by atoms with Gasteiger partial charge in [0.05, 0.1) is 18.5 Å². The zero-order chi connectivity index (χ0) is 14.3. The van der Waals surface area contributed by atoms with Gasteiger partial charge in [-0.05, 0) is 31.0 Å². The van der Waals surface area contributed by atoms with Crippen molar-refractivity contribution < 1.29 is 19.4 Å². The number of alkyl halides is 1. The molecule has 2 N–H and O–H groups in total. The van der Waals surface area contributed by atoms with Gasteiger partial charge in [-0.1, -0.05) is 12.1 Å². The average Bonchev–Trinajstić information content (AvgIpc) is 2.40. The monoisotopic (exact) mass is 285 g/mol. The molecule has 0 spiro atoms. The molecule has 0 aromatic heterocycles. The highest BCUT2D eigenvalue weighted by molar-refractivity contribution is 6.28. The minimum Gasteiger partial charge on any atom is -0.508 e. The molecule has 1 atom stereocenters. The van der Waals surface area contributed by atoms with Gasteiger partial charge in [0.25, 0.3) is 0 Å². The number of aromatic hydroxyl groups is 1. The quantitative estimate of drug-likeness (QED) is 0.782. The van der Waals surface area contributed by atoms with Crippen molar-refractivity contribution in [2.24, 2.45) is 0 Å². The first-order valence-electron chi connectivity index (χ1n) is 5.86. The standard InChI is InChI=1S/C13H16ClNO4/c1-2-19-13(18)15-11(12(17)8-14)7-9-3-5-10(16)6-4-9/h3-6,11,16H,2,7-8H2,1H3,(H,15,18). The van der Waals surface area contributed by atoms with E-state index in [1.54, 1.807) is 19.1 Å². The van der Waals surface area contributed by atoms with E-state index in [-0.39, 0.29) is 24.0 Å². The number of ether oxygens (including phenoxy) is 1. The number of benzene rings is 1. The van der Waals surface area contributed by atoms with Crippen molar-refractivity contribution >= 4 is 23.5 Å². The highest BCUT2D eigenvalue weighted by Gasteiger charge is 2.20. The summed E-state index contributed by atoms with van der Waals surface area (Å²) in [7, 11) is 0. The summed E-state index contributed by atoms with van der Waals surface area (Å²) in [5, 5.41) is 11.7. The highest BCUT2D eigenvalue weighted by atomic mass is 35.5. The van der Waals surface area contributed by atoms with E-state index in [0.717, 1.165) is 5.56 Å². The Morgan fingerprint density at radius 2 is 2.00 bits per heavy atom. The Labute approximate surface area is 116 Å². The van der Waals surface area contributed by atoms with E-state index in [1.165, 1.54) is 12.1 Å². The van der Waals surface area contributed by atoms with Crippen LogP contribution in [-0.4, -0.2) is 35.5 Å². The zero-order valence-corrected chi connectivity index (χ0v) is 11.3. The number of halogens is 1. The number of rotatable bonds is 6. The molecule has 1 aromatic rings. The Morgan fingerprint density at radius 3 is 2.53 bits per heavy atom. The van der Waals surface area contributed by atoms with Gasteiger partial charge in [-0.2, -0.15) is 0 Å². The largest absolute Gasteiger partial charge is 0.508 e. The van der Waals surface area contributed by atoms with Crippen molar-refractivity contribution in [1.29, 1.82) is 0 Å². The predicted molar refractivity (Wildman–Crippen MR) is 71.5 cm³/mol. The van der Waals surface area contributed by atoms with Crippen LogP contribution in [0.1, 0.15) is 12.5 Å². The zero-order valence-electron chi connectivity index (χ0n) is 10.6. The Bertz CT molecular complexity index is 433. The second kappa shape index (κ2) is 7.63. The summed E-state index contributed by atoms with van der Waals surface area (Å²) in [6, 6.07) is 5.65. The third-order valence-electron chi connectivity index (χ3n) is 2.46. The molecule has 0 aliphatic carbocycles. The number of phenolic OH excluding ortho intramolecular Hbond substituents is 1. The number of amides is 1. The minimum atomic E-state index is -0.735. The number of phenols is 1. The second-order valence-corrected chi connectivity index (χ2v) is 4.16. The maximum Gasteiger partial charge on any atom is 0.407 e. The minimum absolute atomic E-state index is 0.141. The molecule has 0 aliphatic heterocycles. The summed E-state index contributed by atoms with van der Waals surface area (Å²) < 4.78 is 4.74. The second-order valence-electron chi connectivity index (χ2n) is 3.89. The highest BCUT2D eigenvalue weighted by Crippen LogP contribution is 2.12. The molecule has 0 heterocycles. The number of hydrogen-bond acceptors (Lipinski definition) is 4. The Morgan fingerprint density at radius 1 is 1.37 bits per heavy atom. The number of nitrogens with one attached hydrogen (secondary N) is 1. The fourth-order valence-corrected chi connectivity index (χ4v) is 1.71. The summed E-state index contributed by atoms with van der Waals surface area (Å²) in [5.41, 5.74) is 0.804. The van der Waals surface area contributed by atoms with Crippen LogP contribution in [0.25, 0.3) is 0 Å². The summed E-state index contributed by atoms with van der Waals surface area (Å²) in [5.74, 6) is -0.333. The van der Waals surface area contributed by atoms with Crippen LogP contribution in [0, 0.1) is 0 Å². The van der Waals surface area contributed by atoms with Gasteiger partial charge in [0.15, 0.2) is 5.78 Å². The van der Waals surface area contributed by atoms with Crippen molar-refractivity contribution in [2.45, 2.75) is 19.4 Å². The molecular weight excluding hydrogens is 270 g/mol. The molecule has 0 aliphatic rings. The van der Waals surface area contributed by atoms with Gasteiger partial charge < -0.3 is 15.2 Å². The topological polar surface area (TPSA) is 75.6 Å². The van der Waals surface area contributed by atoms with Gasteiger partial charge in [0.1, 0.15) is 5.75 Å². The van der Waals surface area contributed by atoms with E-state index in [0.29, 0.717) is 6.42 Å². The molecule has 6 heteroatoms. The third-order valence-corrected chi connectivity index (χ3v) is 2.73. The lowest BCUT2D eigenvalue weighted by atomic mass is 10.0. The first-order valence-corrected chi connectivity index (χ1v) is 6.40. The molecule has 1 unspecified atom stereocenters. The first-order chi connectivity index (χ1) is 9.06. The molecule has 5 nitrogen and oxygen atoms in total. The van der Waals surface area contributed by atoms with Gasteiger partial charge >= 0.3 is 6.09 Å². The van der Waals surface area contributed by atoms with Crippen LogP contribution >= 0.6 is 11.6 Å². The average molecular weight is 286 g/mol. The Kier molecular flexibility index (Phi) is 6.15. The lowest BCUT2D eigenvalue weighted by molar-refractivity contribution is -0.118. The molecular formula is C13H16ClNO4. The van der Waals surface area contributed by atoms with E-state index >= 15 is 0 Å². The van der Waals surface area contributed by atoms with Crippen molar-refractivity contribution in [3.63, 3.8) is 0 Å². The maximum atomic E-state index is 11.7. The van der Waals surface area contributed by atoms with E-state index < -0.39 is 12.1 Å². The molecule has 1 amide bonds. The van der Waals surface area contributed by atoms with E-state index in [2.05, 4.69) is 5.32 Å². The molecule has 0 saturated heterocycles. The van der Waals surface area contributed by atoms with Gasteiger partial charge in [0, 0.05) is 0 Å². The van der Waals surface area contributed by atoms with Crippen molar-refractivity contribution in [3.05, 3.63) is 29.8 Å². The smallest absolute Gasteiger partial charge is 0.407 e. The fraction of sp³-hybridized carbons (Fsp3) is 0.385. The normalized spacial score (nSPS) is 11.7. The van der Waals surface area contributed by atoms with Crippen LogP contribution < -0.4 is 5.32 Å². The SMILES string of the molecule is CCOC(=O)NC(Cc1ccc(O)cc1)C(=O)CCl. The molecule has 104 valence electrons. The number of ketones is 1. The van der Waals surface area contributed by atoms with E-state index in [9.17, 15) is 14.7 Å². The molecule has 0 radical (unpaired) electrons. The third kappa shape index (κ3) is 5.18. The lowest BCUT2D eigenvalue weighted by Gasteiger charge is -2.16. The lowest BCUT2D eigenvalue weighted by Crippen LogP contribution is -2.43. The van der Waals surface area contributed by atoms with Gasteiger partial charge in [0.2, 0.25) is 0 Å². The summed E-state index contributed by atoms with van der Waals surface area (Å²) in [6.07, 6.45) is -0.352. The number of Topliss-reactive ketones (excluding diaryl/α,β-unsaturated/α-hetero) is 1. The van der Waals surface area contributed by atoms with Crippen LogP contribution in [0.5, 0.6) is 5.75 Å². The molecule has 19 heavy (non-hydrogen) atoms. The van der Waals surface area contributed by atoms with Crippen LogP contribution in [-0.2, 0) is 16.0 Å². The number of alkyl carbamates (subject to hydrolysis) is 1. The molecule has 0 fully saturated rings. The summed E-state index contributed by atoms with van der Waals surface area (Å²) >= 11 is 5.52. The predicted octanol–water partition coefficient (Wildman–Crippen LogP) is 1.86. The van der Waals surface area contributed by atoms with Crippen LogP contribution in [0.15, 0.2) is 24.3 Å². The van der Waals surface area contributed by atoms with Crippen molar-refractivity contribution in [1.82, 2.24) is 5.32 Å². The van der Waals surface area contributed by atoms with Crippen LogP contribution in [0.2, 0.25) is 0 Å². The number of carbonyl (C=O) groups is 2. The van der Waals surface area contributed by atoms with Gasteiger partial charge in [-0.3, -0.25) is 4.79 Å². The van der Waals surface area contributed by atoms with Crippen molar-refractivity contribution in [2.75, 3.05) is 12.5 Å². The summed E-state index contributed by atoms with van der Waals surface area (Å²) in [6.45, 7) is 1.91. The Hall–Kier alpha value is -1.75. The van der Waals surface area contributed by atoms with Gasteiger partial charge in [-0.15, -0.1) is 11.6 Å². The number of hydrogen-bond donors (Lipinski definition) is 2. The summed E-state index contributed by atoms with van der Waals surface area (Å²) in [4.78, 5) is 23.0. The fourth-order valence-electron chi connectivity index (χ4n) is 1.52. The van der Waals surface area contributed by atoms with E-state index in [4.69, 9.17) is 16.3 Å². The molecule has 1 rings (SSSR count). The Balaban J connectivity index is 2.71. The van der Waals surface area contributed by atoms with Crippen LogP contribution in [0.4, 0.5) is 4.79 Å². The van der Waals surface area contributed by atoms with Crippen molar-refractivity contribution in [3.8, 4) is 5.75 Å². The first kappa shape index (κ1) is 15.3. The van der Waals surface area contributed by atoms with Crippen LogP contribution in [0.3, 0.4) is 0 Å². The van der Waals surface area contributed by atoms with E-state index in [1.807, 2.05) is 0 Å². The molecule has 0 saturated carbocycles. The van der Waals surface area contributed by atoms with Gasteiger partial charge in [-0.25, -0.2) is 4.79 Å². The maximum absolute atomic E-state index is 11.7.